The Bertz CT molecular complexity index is 972. The number of rotatable bonds is 4. The van der Waals surface area contributed by atoms with Crippen LogP contribution in [0.25, 0.3) is 0 Å². The van der Waals surface area contributed by atoms with Gasteiger partial charge in [0.05, 0.1) is 18.4 Å². The van der Waals surface area contributed by atoms with Crippen LogP contribution in [-0.2, 0) is 6.42 Å². The van der Waals surface area contributed by atoms with Gasteiger partial charge < -0.3 is 10.1 Å². The summed E-state index contributed by atoms with van der Waals surface area (Å²) in [5, 5.41) is 3.82. The minimum atomic E-state index is 0.0788. The van der Waals surface area contributed by atoms with E-state index in [-0.39, 0.29) is 11.7 Å². The number of aromatic nitrogens is 2. The number of halogens is 1. The van der Waals surface area contributed by atoms with Crippen LogP contribution in [0.5, 0.6) is 5.75 Å². The van der Waals surface area contributed by atoms with Gasteiger partial charge in [0.2, 0.25) is 5.95 Å². The van der Waals surface area contributed by atoms with E-state index in [4.69, 9.17) is 16.3 Å². The first kappa shape index (κ1) is 17.5. The van der Waals surface area contributed by atoms with E-state index in [1.54, 1.807) is 25.4 Å². The van der Waals surface area contributed by atoms with Crippen molar-refractivity contribution in [2.24, 2.45) is 0 Å². The summed E-state index contributed by atoms with van der Waals surface area (Å²) in [7, 11) is 1.64. The molecule has 1 aromatic heterocycles. The summed E-state index contributed by atoms with van der Waals surface area (Å²) in [5.41, 5.74) is 3.34. The number of ether oxygens (including phenoxy) is 1. The Morgan fingerprint density at radius 2 is 1.81 bits per heavy atom. The van der Waals surface area contributed by atoms with Crippen LogP contribution in [-0.4, -0.2) is 22.9 Å². The number of hydrogen-bond acceptors (Lipinski definition) is 5. The van der Waals surface area contributed by atoms with Crippen LogP contribution in [0.1, 0.15) is 34.0 Å². The van der Waals surface area contributed by atoms with Crippen molar-refractivity contribution in [3.63, 3.8) is 0 Å². The molecule has 1 aliphatic rings. The fourth-order valence-electron chi connectivity index (χ4n) is 3.28. The van der Waals surface area contributed by atoms with Gasteiger partial charge in [-0.2, -0.15) is 0 Å². The second-order valence-corrected chi connectivity index (χ2v) is 6.92. The average molecular weight is 380 g/mol. The van der Waals surface area contributed by atoms with Crippen LogP contribution in [0.4, 0.5) is 11.6 Å². The Hall–Kier alpha value is -2.92. The number of carbonyl (C=O) groups is 1. The van der Waals surface area contributed by atoms with Crippen LogP contribution < -0.4 is 10.1 Å². The maximum Gasteiger partial charge on any atom is 0.227 e. The number of benzene rings is 2. The Labute approximate surface area is 162 Å². The summed E-state index contributed by atoms with van der Waals surface area (Å²) in [5.74, 6) is 1.46. The van der Waals surface area contributed by atoms with Crippen LogP contribution >= 0.6 is 11.6 Å². The molecular weight excluding hydrogens is 362 g/mol. The van der Waals surface area contributed by atoms with E-state index in [2.05, 4.69) is 15.3 Å². The predicted molar refractivity (Wildman–Crippen MR) is 105 cm³/mol. The van der Waals surface area contributed by atoms with Gasteiger partial charge in [0.15, 0.2) is 5.78 Å². The topological polar surface area (TPSA) is 64.1 Å². The van der Waals surface area contributed by atoms with Crippen molar-refractivity contribution in [3.8, 4) is 5.75 Å². The third kappa shape index (κ3) is 3.78. The molecule has 0 amide bonds. The molecule has 6 heteroatoms. The van der Waals surface area contributed by atoms with Gasteiger partial charge in [0.1, 0.15) is 5.75 Å². The number of methoxy groups -OCH3 is 1. The third-order valence-electron chi connectivity index (χ3n) is 4.73. The SMILES string of the molecule is COc1ccc(C2CC(=O)c3cnc(Nc4ccc(Cl)cc4)nc3C2)cc1. The van der Waals surface area contributed by atoms with Crippen LogP contribution in [0.3, 0.4) is 0 Å². The maximum absolute atomic E-state index is 12.6. The van der Waals surface area contributed by atoms with Crippen LogP contribution in [0.2, 0.25) is 5.02 Å². The molecule has 0 fully saturated rings. The molecule has 3 aromatic rings. The summed E-state index contributed by atoms with van der Waals surface area (Å²) in [4.78, 5) is 21.4. The lowest BCUT2D eigenvalue weighted by Gasteiger charge is -2.23. The van der Waals surface area contributed by atoms with E-state index < -0.39 is 0 Å². The Kier molecular flexibility index (Phi) is 4.77. The minimum Gasteiger partial charge on any atom is -0.497 e. The molecule has 0 spiro atoms. The fraction of sp³-hybridized carbons (Fsp3) is 0.190. The first-order valence-electron chi connectivity index (χ1n) is 8.68. The highest BCUT2D eigenvalue weighted by molar-refractivity contribution is 6.30. The van der Waals surface area contributed by atoms with E-state index >= 15 is 0 Å². The molecule has 4 rings (SSSR count). The minimum absolute atomic E-state index is 0.0788. The van der Waals surface area contributed by atoms with Crippen molar-refractivity contribution in [1.82, 2.24) is 9.97 Å². The van der Waals surface area contributed by atoms with Crippen molar-refractivity contribution in [3.05, 3.63) is 76.6 Å². The number of fused-ring (bicyclic) bond motifs is 1. The predicted octanol–water partition coefficient (Wildman–Crippen LogP) is 4.79. The number of hydrogen-bond donors (Lipinski definition) is 1. The van der Waals surface area contributed by atoms with Crippen LogP contribution in [0.15, 0.2) is 54.7 Å². The molecule has 0 bridgehead atoms. The van der Waals surface area contributed by atoms with Gasteiger partial charge in [0.25, 0.3) is 0 Å². The van der Waals surface area contributed by atoms with Crippen molar-refractivity contribution in [2.75, 3.05) is 12.4 Å². The lowest BCUT2D eigenvalue weighted by molar-refractivity contribution is 0.0962. The lowest BCUT2D eigenvalue weighted by Crippen LogP contribution is -2.21. The smallest absolute Gasteiger partial charge is 0.227 e. The molecule has 27 heavy (non-hydrogen) atoms. The van der Waals surface area contributed by atoms with Gasteiger partial charge in [-0.1, -0.05) is 23.7 Å². The zero-order chi connectivity index (χ0) is 18.8. The highest BCUT2D eigenvalue weighted by Gasteiger charge is 2.28. The highest BCUT2D eigenvalue weighted by atomic mass is 35.5. The monoisotopic (exact) mass is 379 g/mol. The highest BCUT2D eigenvalue weighted by Crippen LogP contribution is 2.33. The van der Waals surface area contributed by atoms with Crippen molar-refractivity contribution < 1.29 is 9.53 Å². The quantitative estimate of drug-likeness (QED) is 0.705. The van der Waals surface area contributed by atoms with Gasteiger partial charge in [-0.15, -0.1) is 0 Å². The van der Waals surface area contributed by atoms with E-state index in [9.17, 15) is 4.79 Å². The van der Waals surface area contributed by atoms with Crippen molar-refractivity contribution in [2.45, 2.75) is 18.8 Å². The molecule has 2 aromatic carbocycles. The van der Waals surface area contributed by atoms with E-state index in [1.807, 2.05) is 36.4 Å². The lowest BCUT2D eigenvalue weighted by atomic mass is 9.82. The number of nitrogens with one attached hydrogen (secondary N) is 1. The fourth-order valence-corrected chi connectivity index (χ4v) is 3.41. The van der Waals surface area contributed by atoms with Gasteiger partial charge in [-0.3, -0.25) is 4.79 Å². The second-order valence-electron chi connectivity index (χ2n) is 6.49. The maximum atomic E-state index is 12.6. The standard InChI is InChI=1S/C21H18ClN3O2/c1-27-17-8-2-13(3-9-17)14-10-19-18(20(26)11-14)12-23-21(25-19)24-16-6-4-15(22)5-7-16/h2-9,12,14H,10-11H2,1H3,(H,23,24,25). The number of nitrogens with zero attached hydrogens (tertiary/aromatic N) is 2. The number of ketones is 1. The van der Waals surface area contributed by atoms with Gasteiger partial charge in [-0.25, -0.2) is 9.97 Å². The zero-order valence-electron chi connectivity index (χ0n) is 14.8. The number of Topliss-reactive ketones (excluding diaryl/α,β-unsaturated/α-hetero) is 1. The van der Waals surface area contributed by atoms with Gasteiger partial charge in [-0.05, 0) is 54.3 Å². The van der Waals surface area contributed by atoms with Gasteiger partial charge >= 0.3 is 0 Å². The zero-order valence-corrected chi connectivity index (χ0v) is 15.5. The van der Waals surface area contributed by atoms with Crippen molar-refractivity contribution in [1.29, 1.82) is 0 Å². The molecule has 0 aliphatic heterocycles. The summed E-state index contributed by atoms with van der Waals surface area (Å²) in [6.45, 7) is 0. The van der Waals surface area contributed by atoms with Crippen LogP contribution in [0, 0.1) is 0 Å². The number of anilines is 2. The number of carbonyl (C=O) groups excluding carboxylic acids is 1. The first-order chi connectivity index (χ1) is 13.1. The molecule has 136 valence electrons. The molecule has 0 saturated heterocycles. The summed E-state index contributed by atoms with van der Waals surface area (Å²) < 4.78 is 5.21. The molecular formula is C21H18ClN3O2. The summed E-state index contributed by atoms with van der Waals surface area (Å²) in [6.07, 6.45) is 2.78. The normalized spacial score (nSPS) is 15.9. The van der Waals surface area contributed by atoms with Gasteiger partial charge in [0, 0.05) is 23.3 Å². The Morgan fingerprint density at radius 1 is 1.07 bits per heavy atom. The van der Waals surface area contributed by atoms with E-state index in [0.29, 0.717) is 29.4 Å². The largest absolute Gasteiger partial charge is 0.497 e. The molecule has 1 atom stereocenters. The van der Waals surface area contributed by atoms with E-state index in [1.165, 1.54) is 0 Å². The van der Waals surface area contributed by atoms with Crippen molar-refractivity contribution >= 4 is 29.0 Å². The molecule has 5 nitrogen and oxygen atoms in total. The molecule has 1 unspecified atom stereocenters. The Morgan fingerprint density at radius 3 is 2.52 bits per heavy atom. The summed E-state index contributed by atoms with van der Waals surface area (Å²) >= 11 is 5.91. The summed E-state index contributed by atoms with van der Waals surface area (Å²) in [6, 6.07) is 15.2. The molecule has 1 heterocycles. The average Bonchev–Trinajstić information content (AvgIpc) is 2.69. The first-order valence-corrected chi connectivity index (χ1v) is 9.06. The molecule has 0 radical (unpaired) electrons. The molecule has 1 N–H and O–H groups in total. The van der Waals surface area contributed by atoms with E-state index in [0.717, 1.165) is 22.7 Å². The molecule has 0 saturated carbocycles. The molecule has 1 aliphatic carbocycles. The third-order valence-corrected chi connectivity index (χ3v) is 4.98. The Balaban J connectivity index is 1.58. The second kappa shape index (κ2) is 7.37.